The molecule has 2 N–H and O–H groups in total. The highest BCUT2D eigenvalue weighted by Crippen LogP contribution is 2.28. The first-order valence-electron chi connectivity index (χ1n) is 9.00. The lowest BCUT2D eigenvalue weighted by atomic mass is 10.0. The molecule has 2 unspecified atom stereocenters. The number of piperidine rings is 1. The molecule has 27 heavy (non-hydrogen) atoms. The molecule has 5 nitrogen and oxygen atoms in total. The minimum absolute atomic E-state index is 0. The van der Waals surface area contributed by atoms with E-state index in [1.54, 1.807) is 42.5 Å². The number of hydrogen-bond donors (Lipinski definition) is 2. The maximum Gasteiger partial charge on any atom is 0.241 e. The normalized spacial score (nSPS) is 24.2. The van der Waals surface area contributed by atoms with E-state index in [2.05, 4.69) is 10.0 Å². The summed E-state index contributed by atoms with van der Waals surface area (Å²) >= 11 is 0. The number of rotatable bonds is 5. The third kappa shape index (κ3) is 4.24. The number of nitrogens with one attached hydrogen (secondary N) is 2. The molecule has 2 aromatic carbocycles. The van der Waals surface area contributed by atoms with Gasteiger partial charge in [-0.25, -0.2) is 13.1 Å². The Morgan fingerprint density at radius 2 is 1.52 bits per heavy atom. The minimum atomic E-state index is -3.76. The molecule has 144 valence electrons. The van der Waals surface area contributed by atoms with Crippen molar-refractivity contribution in [3.8, 4) is 0 Å². The van der Waals surface area contributed by atoms with Crippen molar-refractivity contribution in [2.75, 3.05) is 0 Å². The number of fused-ring (bicyclic) bond motifs is 2. The van der Waals surface area contributed by atoms with Crippen LogP contribution in [0.4, 0.5) is 0 Å². The van der Waals surface area contributed by atoms with Crippen molar-refractivity contribution in [1.82, 2.24) is 10.0 Å². The van der Waals surface area contributed by atoms with Gasteiger partial charge in [0.25, 0.3) is 0 Å². The SMILES string of the molecule is Cl.O=C(c1ccccc1)c1ccccc1S(=O)(=O)NC1CC2CCC(C1)N2. The number of ketones is 1. The number of benzene rings is 2. The van der Waals surface area contributed by atoms with Crippen LogP contribution in [0.2, 0.25) is 0 Å². The zero-order valence-corrected chi connectivity index (χ0v) is 16.4. The first kappa shape index (κ1) is 20.0. The van der Waals surface area contributed by atoms with E-state index in [9.17, 15) is 13.2 Å². The highest BCUT2D eigenvalue weighted by Gasteiger charge is 2.36. The van der Waals surface area contributed by atoms with E-state index in [0.717, 1.165) is 25.7 Å². The first-order chi connectivity index (χ1) is 12.5. The fraction of sp³-hybridized carbons (Fsp3) is 0.350. The highest BCUT2D eigenvalue weighted by atomic mass is 35.5. The Bertz CT molecular complexity index is 906. The molecular weight excluding hydrogens is 384 g/mol. The van der Waals surface area contributed by atoms with Crippen molar-refractivity contribution in [2.45, 2.75) is 48.7 Å². The van der Waals surface area contributed by atoms with Crippen LogP contribution in [-0.2, 0) is 10.0 Å². The fourth-order valence-electron chi connectivity index (χ4n) is 4.07. The lowest BCUT2D eigenvalue weighted by Gasteiger charge is -2.29. The molecule has 2 bridgehead atoms. The predicted molar refractivity (Wildman–Crippen MR) is 107 cm³/mol. The summed E-state index contributed by atoms with van der Waals surface area (Å²) in [6, 6.07) is 15.9. The van der Waals surface area contributed by atoms with Gasteiger partial charge < -0.3 is 5.32 Å². The Kier molecular flexibility index (Phi) is 6.01. The standard InChI is InChI=1S/C20H22N2O3S.ClH/c23-20(14-6-2-1-3-7-14)18-8-4-5-9-19(18)26(24,25)22-17-12-15-10-11-16(13-17)21-15;/h1-9,15-17,21-22H,10-13H2;1H. The molecule has 0 aromatic heterocycles. The molecule has 0 amide bonds. The summed E-state index contributed by atoms with van der Waals surface area (Å²) in [5, 5.41) is 3.51. The van der Waals surface area contributed by atoms with Crippen LogP contribution >= 0.6 is 12.4 Å². The number of sulfonamides is 1. The monoisotopic (exact) mass is 406 g/mol. The topological polar surface area (TPSA) is 75.3 Å². The Morgan fingerprint density at radius 1 is 0.926 bits per heavy atom. The van der Waals surface area contributed by atoms with Gasteiger partial charge in [0.2, 0.25) is 10.0 Å². The molecule has 2 aliphatic heterocycles. The summed E-state index contributed by atoms with van der Waals surface area (Å²) in [6.45, 7) is 0. The molecule has 0 radical (unpaired) electrons. The number of halogens is 1. The summed E-state index contributed by atoms with van der Waals surface area (Å²) in [4.78, 5) is 12.9. The molecule has 2 saturated heterocycles. The molecule has 2 aromatic rings. The Balaban J connectivity index is 0.00000210. The van der Waals surface area contributed by atoms with Crippen LogP contribution in [0.25, 0.3) is 0 Å². The third-order valence-corrected chi connectivity index (χ3v) is 6.83. The quantitative estimate of drug-likeness (QED) is 0.748. The molecule has 4 rings (SSSR count). The number of hydrogen-bond acceptors (Lipinski definition) is 4. The molecule has 0 spiro atoms. The van der Waals surface area contributed by atoms with Crippen LogP contribution in [0.15, 0.2) is 59.5 Å². The highest BCUT2D eigenvalue weighted by molar-refractivity contribution is 7.89. The van der Waals surface area contributed by atoms with Crippen LogP contribution in [0.1, 0.15) is 41.6 Å². The molecule has 2 fully saturated rings. The summed E-state index contributed by atoms with van der Waals surface area (Å²) < 4.78 is 28.9. The Labute approximate surface area is 166 Å². The molecule has 0 saturated carbocycles. The van der Waals surface area contributed by atoms with Crippen molar-refractivity contribution < 1.29 is 13.2 Å². The third-order valence-electron chi connectivity index (χ3n) is 5.25. The summed E-state index contributed by atoms with van der Waals surface area (Å²) in [5.41, 5.74) is 0.693. The van der Waals surface area contributed by atoms with Gasteiger partial charge in [0, 0.05) is 29.3 Å². The van der Waals surface area contributed by atoms with Crippen molar-refractivity contribution in [3.05, 3.63) is 65.7 Å². The van der Waals surface area contributed by atoms with Gasteiger partial charge in [0.15, 0.2) is 5.78 Å². The van der Waals surface area contributed by atoms with E-state index >= 15 is 0 Å². The van der Waals surface area contributed by atoms with Crippen LogP contribution in [0, 0.1) is 0 Å². The smallest absolute Gasteiger partial charge is 0.241 e. The number of carbonyl (C=O) groups excluding carboxylic acids is 1. The molecule has 2 heterocycles. The van der Waals surface area contributed by atoms with Crippen LogP contribution in [0.5, 0.6) is 0 Å². The van der Waals surface area contributed by atoms with Gasteiger partial charge in [-0.15, -0.1) is 12.4 Å². The lowest BCUT2D eigenvalue weighted by molar-refractivity contribution is 0.103. The van der Waals surface area contributed by atoms with Crippen LogP contribution in [0.3, 0.4) is 0 Å². The Hall–Kier alpha value is -1.73. The average molecular weight is 407 g/mol. The van der Waals surface area contributed by atoms with Crippen molar-refractivity contribution in [3.63, 3.8) is 0 Å². The second-order valence-electron chi connectivity index (χ2n) is 7.12. The second kappa shape index (κ2) is 8.10. The fourth-order valence-corrected chi connectivity index (χ4v) is 5.54. The van der Waals surface area contributed by atoms with Gasteiger partial charge in [0.1, 0.15) is 0 Å². The summed E-state index contributed by atoms with van der Waals surface area (Å²) in [7, 11) is -3.76. The molecule has 2 aliphatic rings. The first-order valence-corrected chi connectivity index (χ1v) is 10.5. The van der Waals surface area contributed by atoms with Crippen LogP contribution in [-0.4, -0.2) is 32.3 Å². The van der Waals surface area contributed by atoms with Gasteiger partial charge >= 0.3 is 0 Å². The summed E-state index contributed by atoms with van der Waals surface area (Å²) in [6.07, 6.45) is 3.80. The molecule has 7 heteroatoms. The average Bonchev–Trinajstić information content (AvgIpc) is 3.00. The van der Waals surface area contributed by atoms with E-state index in [1.807, 2.05) is 6.07 Å². The van der Waals surface area contributed by atoms with Crippen molar-refractivity contribution in [2.24, 2.45) is 0 Å². The zero-order chi connectivity index (χ0) is 18.1. The van der Waals surface area contributed by atoms with Crippen LogP contribution < -0.4 is 10.0 Å². The van der Waals surface area contributed by atoms with Gasteiger partial charge in [-0.1, -0.05) is 42.5 Å². The molecule has 2 atom stereocenters. The predicted octanol–water partition coefficient (Wildman–Crippen LogP) is 2.90. The van der Waals surface area contributed by atoms with Gasteiger partial charge in [-0.05, 0) is 37.8 Å². The van der Waals surface area contributed by atoms with E-state index in [-0.39, 0.29) is 34.7 Å². The van der Waals surface area contributed by atoms with E-state index in [4.69, 9.17) is 0 Å². The minimum Gasteiger partial charge on any atom is -0.311 e. The van der Waals surface area contributed by atoms with Gasteiger partial charge in [-0.2, -0.15) is 0 Å². The maximum atomic E-state index is 13.0. The maximum absolute atomic E-state index is 13.0. The van der Waals surface area contributed by atoms with E-state index in [0.29, 0.717) is 17.6 Å². The van der Waals surface area contributed by atoms with Gasteiger partial charge in [0.05, 0.1) is 4.90 Å². The number of carbonyl (C=O) groups is 1. The van der Waals surface area contributed by atoms with Crippen molar-refractivity contribution >= 4 is 28.2 Å². The van der Waals surface area contributed by atoms with E-state index < -0.39 is 10.0 Å². The largest absolute Gasteiger partial charge is 0.311 e. The second-order valence-corrected chi connectivity index (χ2v) is 8.80. The van der Waals surface area contributed by atoms with Gasteiger partial charge in [-0.3, -0.25) is 4.79 Å². The van der Waals surface area contributed by atoms with E-state index in [1.165, 1.54) is 6.07 Å². The lowest BCUT2D eigenvalue weighted by Crippen LogP contribution is -2.48. The summed E-state index contributed by atoms with van der Waals surface area (Å²) in [5.74, 6) is -0.281. The van der Waals surface area contributed by atoms with Crippen molar-refractivity contribution in [1.29, 1.82) is 0 Å². The zero-order valence-electron chi connectivity index (χ0n) is 14.8. The molecular formula is C20H23ClN2O3S. The Morgan fingerprint density at radius 3 is 2.19 bits per heavy atom. The molecule has 0 aliphatic carbocycles.